The first-order valence-corrected chi connectivity index (χ1v) is 7.28. The van der Waals surface area contributed by atoms with Gasteiger partial charge >= 0.3 is 0 Å². The van der Waals surface area contributed by atoms with E-state index in [1.807, 2.05) is 0 Å². The van der Waals surface area contributed by atoms with Crippen molar-refractivity contribution in [3.05, 3.63) is 22.7 Å². The standard InChI is InChI=1S/C14H25N5O/c1-11(2)12(19-8-6-18(3)7-9-19)10-17-13-14(20)16-5-4-15-13/h4-5,11-12H,6-10H2,1-3H3,(H,15,17)(H,16,20). The Morgan fingerprint density at radius 3 is 2.65 bits per heavy atom. The van der Waals surface area contributed by atoms with Crippen LogP contribution in [0.4, 0.5) is 5.82 Å². The number of anilines is 1. The third-order valence-electron chi connectivity index (χ3n) is 3.96. The first-order valence-electron chi connectivity index (χ1n) is 7.28. The van der Waals surface area contributed by atoms with Crippen LogP contribution < -0.4 is 10.9 Å². The van der Waals surface area contributed by atoms with Crippen molar-refractivity contribution < 1.29 is 0 Å². The second-order valence-corrected chi connectivity index (χ2v) is 5.80. The van der Waals surface area contributed by atoms with E-state index in [1.165, 1.54) is 0 Å². The number of nitrogens with zero attached hydrogens (tertiary/aromatic N) is 3. The van der Waals surface area contributed by atoms with E-state index in [4.69, 9.17) is 0 Å². The molecule has 1 aliphatic heterocycles. The van der Waals surface area contributed by atoms with Crippen LogP contribution in [0.5, 0.6) is 0 Å². The summed E-state index contributed by atoms with van der Waals surface area (Å²) in [6.07, 6.45) is 3.15. The molecule has 20 heavy (non-hydrogen) atoms. The Morgan fingerprint density at radius 1 is 1.35 bits per heavy atom. The van der Waals surface area contributed by atoms with Gasteiger partial charge in [0.05, 0.1) is 0 Å². The predicted octanol–water partition coefficient (Wildman–Crippen LogP) is 0.454. The molecular weight excluding hydrogens is 254 g/mol. The molecular formula is C14H25N5O. The molecule has 1 aromatic heterocycles. The van der Waals surface area contributed by atoms with Crippen molar-refractivity contribution in [2.24, 2.45) is 5.92 Å². The van der Waals surface area contributed by atoms with Crippen LogP contribution in [0.25, 0.3) is 0 Å². The Hall–Kier alpha value is -1.40. The van der Waals surface area contributed by atoms with Gasteiger partial charge in [0.2, 0.25) is 0 Å². The molecule has 1 saturated heterocycles. The second kappa shape index (κ2) is 6.85. The molecule has 0 aliphatic carbocycles. The van der Waals surface area contributed by atoms with E-state index in [2.05, 4.69) is 46.0 Å². The average molecular weight is 279 g/mol. The Kier molecular flexibility index (Phi) is 5.14. The monoisotopic (exact) mass is 279 g/mol. The molecule has 0 saturated carbocycles. The minimum atomic E-state index is -0.159. The zero-order valence-electron chi connectivity index (χ0n) is 12.6. The van der Waals surface area contributed by atoms with Gasteiger partial charge in [0.15, 0.2) is 5.82 Å². The van der Waals surface area contributed by atoms with Gasteiger partial charge < -0.3 is 15.2 Å². The molecule has 0 amide bonds. The fraction of sp³-hybridized carbons (Fsp3) is 0.714. The molecule has 0 bridgehead atoms. The van der Waals surface area contributed by atoms with E-state index in [0.29, 0.717) is 17.8 Å². The molecule has 2 N–H and O–H groups in total. The SMILES string of the molecule is CC(C)C(CNc1ncc[nH]c1=O)N1CCN(C)CC1. The Balaban J connectivity index is 1.96. The summed E-state index contributed by atoms with van der Waals surface area (Å²) in [5.41, 5.74) is -0.159. The lowest BCUT2D eigenvalue weighted by Crippen LogP contribution is -2.53. The van der Waals surface area contributed by atoms with Gasteiger partial charge in [-0.05, 0) is 13.0 Å². The highest BCUT2D eigenvalue weighted by atomic mass is 16.1. The van der Waals surface area contributed by atoms with Crippen molar-refractivity contribution in [3.8, 4) is 0 Å². The van der Waals surface area contributed by atoms with Crippen LogP contribution in [0.1, 0.15) is 13.8 Å². The fourth-order valence-corrected chi connectivity index (χ4v) is 2.62. The quantitative estimate of drug-likeness (QED) is 0.819. The number of hydrogen-bond acceptors (Lipinski definition) is 5. The summed E-state index contributed by atoms with van der Waals surface area (Å²) in [7, 11) is 2.16. The van der Waals surface area contributed by atoms with E-state index in [0.717, 1.165) is 32.7 Å². The summed E-state index contributed by atoms with van der Waals surface area (Å²) < 4.78 is 0. The van der Waals surface area contributed by atoms with Crippen LogP contribution in [-0.4, -0.2) is 65.6 Å². The smallest absolute Gasteiger partial charge is 0.290 e. The van der Waals surface area contributed by atoms with E-state index < -0.39 is 0 Å². The van der Waals surface area contributed by atoms with Crippen LogP contribution in [0.2, 0.25) is 0 Å². The molecule has 1 fully saturated rings. The van der Waals surface area contributed by atoms with Crippen LogP contribution in [0.15, 0.2) is 17.2 Å². The molecule has 6 heteroatoms. The molecule has 2 rings (SSSR count). The molecule has 1 atom stereocenters. The molecule has 1 aliphatic rings. The number of H-pyrrole nitrogens is 1. The summed E-state index contributed by atoms with van der Waals surface area (Å²) in [5.74, 6) is 0.945. The molecule has 0 aromatic carbocycles. The molecule has 1 unspecified atom stereocenters. The third kappa shape index (κ3) is 3.80. The van der Waals surface area contributed by atoms with Gasteiger partial charge in [0, 0.05) is 51.2 Å². The van der Waals surface area contributed by atoms with Crippen LogP contribution in [0, 0.1) is 5.92 Å². The molecule has 2 heterocycles. The Morgan fingerprint density at radius 2 is 2.05 bits per heavy atom. The van der Waals surface area contributed by atoms with Gasteiger partial charge in [0.25, 0.3) is 5.56 Å². The van der Waals surface area contributed by atoms with Gasteiger partial charge in [-0.15, -0.1) is 0 Å². The molecule has 6 nitrogen and oxygen atoms in total. The van der Waals surface area contributed by atoms with Crippen LogP contribution in [0.3, 0.4) is 0 Å². The van der Waals surface area contributed by atoms with Crippen LogP contribution >= 0.6 is 0 Å². The lowest BCUT2D eigenvalue weighted by atomic mass is 10.0. The lowest BCUT2D eigenvalue weighted by Gasteiger charge is -2.39. The van der Waals surface area contributed by atoms with Crippen molar-refractivity contribution in [2.75, 3.05) is 45.1 Å². The number of likely N-dealkylation sites (N-methyl/N-ethyl adjacent to an activating group) is 1. The molecule has 0 radical (unpaired) electrons. The number of aromatic amines is 1. The topological polar surface area (TPSA) is 64.3 Å². The number of nitrogens with one attached hydrogen (secondary N) is 2. The van der Waals surface area contributed by atoms with Crippen molar-refractivity contribution in [2.45, 2.75) is 19.9 Å². The van der Waals surface area contributed by atoms with Crippen molar-refractivity contribution >= 4 is 5.82 Å². The van der Waals surface area contributed by atoms with E-state index in [1.54, 1.807) is 12.4 Å². The van der Waals surface area contributed by atoms with Gasteiger partial charge in [0.1, 0.15) is 0 Å². The maximum atomic E-state index is 11.6. The maximum absolute atomic E-state index is 11.6. The number of aromatic nitrogens is 2. The zero-order valence-corrected chi connectivity index (χ0v) is 12.6. The molecule has 0 spiro atoms. The Bertz CT molecular complexity index is 465. The first-order chi connectivity index (χ1) is 9.58. The normalized spacial score (nSPS) is 19.2. The number of piperazine rings is 1. The summed E-state index contributed by atoms with van der Waals surface area (Å²) in [6, 6.07) is 0.421. The van der Waals surface area contributed by atoms with Gasteiger partial charge in [-0.2, -0.15) is 0 Å². The largest absolute Gasteiger partial charge is 0.364 e. The maximum Gasteiger partial charge on any atom is 0.290 e. The lowest BCUT2D eigenvalue weighted by molar-refractivity contribution is 0.0944. The minimum absolute atomic E-state index is 0.159. The summed E-state index contributed by atoms with van der Waals surface area (Å²) in [4.78, 5) is 23.2. The highest BCUT2D eigenvalue weighted by Crippen LogP contribution is 2.13. The van der Waals surface area contributed by atoms with Gasteiger partial charge in [-0.25, -0.2) is 4.98 Å². The summed E-state index contributed by atoms with van der Waals surface area (Å²) in [5, 5.41) is 3.19. The highest BCUT2D eigenvalue weighted by molar-refractivity contribution is 5.30. The predicted molar refractivity (Wildman–Crippen MR) is 81.0 cm³/mol. The number of hydrogen-bond donors (Lipinski definition) is 2. The minimum Gasteiger partial charge on any atom is -0.364 e. The Labute approximate surface area is 120 Å². The fourth-order valence-electron chi connectivity index (χ4n) is 2.62. The average Bonchev–Trinajstić information content (AvgIpc) is 2.42. The first kappa shape index (κ1) is 15.0. The zero-order chi connectivity index (χ0) is 14.5. The second-order valence-electron chi connectivity index (χ2n) is 5.80. The van der Waals surface area contributed by atoms with Gasteiger partial charge in [-0.1, -0.05) is 13.8 Å². The van der Waals surface area contributed by atoms with Crippen molar-refractivity contribution in [1.82, 2.24) is 19.8 Å². The highest BCUT2D eigenvalue weighted by Gasteiger charge is 2.24. The van der Waals surface area contributed by atoms with E-state index >= 15 is 0 Å². The van der Waals surface area contributed by atoms with E-state index in [9.17, 15) is 4.79 Å². The van der Waals surface area contributed by atoms with Crippen molar-refractivity contribution in [1.29, 1.82) is 0 Å². The summed E-state index contributed by atoms with van der Waals surface area (Å²) >= 11 is 0. The third-order valence-corrected chi connectivity index (χ3v) is 3.96. The number of rotatable bonds is 5. The van der Waals surface area contributed by atoms with Crippen molar-refractivity contribution in [3.63, 3.8) is 0 Å². The van der Waals surface area contributed by atoms with E-state index in [-0.39, 0.29) is 5.56 Å². The summed E-state index contributed by atoms with van der Waals surface area (Å²) in [6.45, 7) is 9.59. The van der Waals surface area contributed by atoms with Gasteiger partial charge in [-0.3, -0.25) is 9.69 Å². The molecule has 1 aromatic rings. The van der Waals surface area contributed by atoms with Crippen LogP contribution in [-0.2, 0) is 0 Å². The molecule has 112 valence electrons.